The maximum atomic E-state index is 13.7. The monoisotopic (exact) mass is 547 g/mol. The lowest BCUT2D eigenvalue weighted by Crippen LogP contribution is -2.29. The van der Waals surface area contributed by atoms with Crippen LogP contribution in [0.4, 0.5) is 5.69 Å². The van der Waals surface area contributed by atoms with Crippen LogP contribution in [-0.4, -0.2) is 23.4 Å². The Hall–Kier alpha value is -4.84. The summed E-state index contributed by atoms with van der Waals surface area (Å²) in [6.07, 6.45) is 0. The number of aliphatic hydroxyl groups excluding tert-OH is 1. The van der Waals surface area contributed by atoms with Crippen molar-refractivity contribution in [2.24, 2.45) is 0 Å². The first-order chi connectivity index (χ1) is 19.8. The largest absolute Gasteiger partial charge is 0.507 e. The van der Waals surface area contributed by atoms with Crippen molar-refractivity contribution >= 4 is 23.1 Å². The molecular weight excluding hydrogens is 514 g/mol. The Balaban J connectivity index is 1.67. The van der Waals surface area contributed by atoms with E-state index in [-0.39, 0.29) is 17.3 Å². The average Bonchev–Trinajstić information content (AvgIpc) is 3.24. The van der Waals surface area contributed by atoms with Gasteiger partial charge in [0.15, 0.2) is 0 Å². The highest BCUT2D eigenvalue weighted by Gasteiger charge is 2.47. The molecule has 1 aliphatic rings. The molecule has 4 aromatic rings. The van der Waals surface area contributed by atoms with Crippen LogP contribution in [0.3, 0.4) is 0 Å². The quantitative estimate of drug-likeness (QED) is 0.138. The summed E-state index contributed by atoms with van der Waals surface area (Å²) >= 11 is 0. The lowest BCUT2D eigenvalue weighted by atomic mass is 9.93. The fourth-order valence-electron chi connectivity index (χ4n) is 5.08. The Morgan fingerprint density at radius 3 is 2.27 bits per heavy atom. The number of nitrogens with zero attached hydrogens (tertiary/aromatic N) is 1. The molecule has 1 fully saturated rings. The van der Waals surface area contributed by atoms with Gasteiger partial charge in [0.05, 0.1) is 18.2 Å². The molecule has 0 spiro atoms. The van der Waals surface area contributed by atoms with E-state index >= 15 is 0 Å². The number of hydrogen-bond donors (Lipinski definition) is 1. The molecule has 5 rings (SSSR count). The Morgan fingerprint density at radius 2 is 1.59 bits per heavy atom. The number of hydrogen-bond acceptors (Lipinski definition) is 5. The lowest BCUT2D eigenvalue weighted by molar-refractivity contribution is -0.132. The number of ether oxygens (including phenoxy) is 2. The van der Waals surface area contributed by atoms with Gasteiger partial charge in [-0.15, -0.1) is 0 Å². The first kappa shape index (κ1) is 27.7. The van der Waals surface area contributed by atoms with Crippen molar-refractivity contribution in [2.45, 2.75) is 39.7 Å². The van der Waals surface area contributed by atoms with Crippen molar-refractivity contribution in [2.75, 3.05) is 11.5 Å². The minimum Gasteiger partial charge on any atom is -0.507 e. The number of rotatable bonds is 8. The minimum absolute atomic E-state index is 0.0197. The Bertz CT molecular complexity index is 1610. The normalized spacial score (nSPS) is 16.3. The van der Waals surface area contributed by atoms with Crippen LogP contribution in [0.25, 0.3) is 5.76 Å². The van der Waals surface area contributed by atoms with Gasteiger partial charge in [-0.25, -0.2) is 0 Å². The number of carbonyl (C=O) groups excluding carboxylic acids is 2. The van der Waals surface area contributed by atoms with Gasteiger partial charge in [0.1, 0.15) is 23.0 Å². The molecule has 0 saturated carbocycles. The van der Waals surface area contributed by atoms with Crippen molar-refractivity contribution < 1.29 is 24.2 Å². The number of ketones is 1. The van der Waals surface area contributed by atoms with Gasteiger partial charge in [-0.1, -0.05) is 61.9 Å². The summed E-state index contributed by atoms with van der Waals surface area (Å²) in [4.78, 5) is 28.7. The summed E-state index contributed by atoms with van der Waals surface area (Å²) in [6.45, 7) is 8.46. The van der Waals surface area contributed by atoms with Crippen LogP contribution < -0.4 is 14.4 Å². The third-order valence-corrected chi connectivity index (χ3v) is 7.11. The summed E-state index contributed by atoms with van der Waals surface area (Å²) in [6, 6.07) is 28.5. The van der Waals surface area contributed by atoms with Gasteiger partial charge in [-0.2, -0.15) is 0 Å². The van der Waals surface area contributed by atoms with Crippen LogP contribution in [0.15, 0.2) is 103 Å². The molecule has 6 nitrogen and oxygen atoms in total. The Kier molecular flexibility index (Phi) is 7.92. The fraction of sp³-hybridized carbons (Fsp3) is 0.200. The zero-order valence-corrected chi connectivity index (χ0v) is 23.6. The van der Waals surface area contributed by atoms with E-state index in [1.165, 1.54) is 4.90 Å². The van der Waals surface area contributed by atoms with E-state index < -0.39 is 17.7 Å². The standard InChI is InChI=1S/C35H33NO5/c1-5-40-30-19-16-25(21-29(30)22(2)3)33(37)31-32(36(35(39)34(31)38)26-17-14-23(4)15-18-26)24-10-9-13-28(20-24)41-27-11-7-6-8-12-27/h6-22,32,37H,5H2,1-4H3/b33-31+. The summed E-state index contributed by atoms with van der Waals surface area (Å²) in [5, 5.41) is 11.7. The van der Waals surface area contributed by atoms with Gasteiger partial charge in [-0.05, 0) is 85.5 Å². The number of aliphatic hydroxyl groups is 1. The van der Waals surface area contributed by atoms with Crippen LogP contribution in [0.1, 0.15) is 55.0 Å². The molecule has 1 N–H and O–H groups in total. The molecule has 0 radical (unpaired) electrons. The Morgan fingerprint density at radius 1 is 0.878 bits per heavy atom. The zero-order chi connectivity index (χ0) is 29.1. The molecule has 4 aromatic carbocycles. The van der Waals surface area contributed by atoms with Crippen LogP contribution in [-0.2, 0) is 9.59 Å². The number of benzene rings is 4. The van der Waals surface area contributed by atoms with E-state index in [2.05, 4.69) is 0 Å². The second-order valence-corrected chi connectivity index (χ2v) is 10.3. The molecule has 0 bridgehead atoms. The highest BCUT2D eigenvalue weighted by molar-refractivity contribution is 6.51. The second-order valence-electron chi connectivity index (χ2n) is 10.3. The van der Waals surface area contributed by atoms with Crippen molar-refractivity contribution in [3.63, 3.8) is 0 Å². The minimum atomic E-state index is -0.869. The third-order valence-electron chi connectivity index (χ3n) is 7.11. The van der Waals surface area contributed by atoms with E-state index in [0.717, 1.165) is 16.9 Å². The van der Waals surface area contributed by atoms with Crippen LogP contribution in [0.2, 0.25) is 0 Å². The van der Waals surface area contributed by atoms with E-state index in [4.69, 9.17) is 9.47 Å². The highest BCUT2D eigenvalue weighted by Crippen LogP contribution is 2.43. The first-order valence-corrected chi connectivity index (χ1v) is 13.8. The molecule has 0 aromatic heterocycles. The number of carbonyl (C=O) groups is 2. The second kappa shape index (κ2) is 11.7. The SMILES string of the molecule is CCOc1ccc(/C(O)=C2\C(=O)C(=O)N(c3ccc(C)cc3)C2c2cccc(Oc3ccccc3)c2)cc1C(C)C. The van der Waals surface area contributed by atoms with Crippen molar-refractivity contribution in [3.05, 3.63) is 125 Å². The molecule has 6 heteroatoms. The predicted molar refractivity (Wildman–Crippen MR) is 161 cm³/mol. The number of aryl methyl sites for hydroxylation is 1. The maximum absolute atomic E-state index is 13.7. The smallest absolute Gasteiger partial charge is 0.300 e. The summed E-state index contributed by atoms with van der Waals surface area (Å²) in [7, 11) is 0. The molecule has 41 heavy (non-hydrogen) atoms. The van der Waals surface area contributed by atoms with Crippen LogP contribution >= 0.6 is 0 Å². The van der Waals surface area contributed by atoms with Crippen LogP contribution in [0.5, 0.6) is 17.2 Å². The fourth-order valence-corrected chi connectivity index (χ4v) is 5.08. The first-order valence-electron chi connectivity index (χ1n) is 13.8. The molecule has 1 atom stereocenters. The summed E-state index contributed by atoms with van der Waals surface area (Å²) < 4.78 is 11.9. The highest BCUT2D eigenvalue weighted by atomic mass is 16.5. The van der Waals surface area contributed by atoms with Crippen molar-refractivity contribution in [3.8, 4) is 17.2 Å². The van der Waals surface area contributed by atoms with Crippen LogP contribution in [0, 0.1) is 6.92 Å². The molecule has 1 unspecified atom stereocenters. The Labute approximate surface area is 240 Å². The van der Waals surface area contributed by atoms with E-state index in [1.807, 2.05) is 107 Å². The van der Waals surface area contributed by atoms with Gasteiger partial charge in [0.25, 0.3) is 11.7 Å². The molecule has 1 heterocycles. The molecule has 208 valence electrons. The topological polar surface area (TPSA) is 76.1 Å². The van der Waals surface area contributed by atoms with E-state index in [1.54, 1.807) is 18.2 Å². The summed E-state index contributed by atoms with van der Waals surface area (Å²) in [5.41, 5.74) is 3.58. The number of Topliss-reactive ketones (excluding diaryl/α,β-unsaturated/α-hetero) is 1. The predicted octanol–water partition coefficient (Wildman–Crippen LogP) is 7.94. The molecule has 1 saturated heterocycles. The molecular formula is C35H33NO5. The lowest BCUT2D eigenvalue weighted by Gasteiger charge is -2.26. The van der Waals surface area contributed by atoms with Gasteiger partial charge < -0.3 is 14.6 Å². The summed E-state index contributed by atoms with van der Waals surface area (Å²) in [5.74, 6) is 0.358. The van der Waals surface area contributed by atoms with Gasteiger partial charge in [0, 0.05) is 11.3 Å². The number of anilines is 1. The molecule has 1 amide bonds. The maximum Gasteiger partial charge on any atom is 0.300 e. The van der Waals surface area contributed by atoms with Crippen molar-refractivity contribution in [1.29, 1.82) is 0 Å². The van der Waals surface area contributed by atoms with Crippen molar-refractivity contribution in [1.82, 2.24) is 0 Å². The van der Waals surface area contributed by atoms with Gasteiger partial charge >= 0.3 is 0 Å². The van der Waals surface area contributed by atoms with E-state index in [9.17, 15) is 14.7 Å². The van der Waals surface area contributed by atoms with Gasteiger partial charge in [-0.3, -0.25) is 14.5 Å². The van der Waals surface area contributed by atoms with Gasteiger partial charge in [0.2, 0.25) is 0 Å². The molecule has 0 aliphatic carbocycles. The van der Waals surface area contributed by atoms with E-state index in [0.29, 0.717) is 34.9 Å². The number of para-hydroxylation sites is 1. The number of amides is 1. The third kappa shape index (κ3) is 5.59. The molecule has 1 aliphatic heterocycles. The average molecular weight is 548 g/mol. The zero-order valence-electron chi connectivity index (χ0n) is 23.6.